The second-order valence-electron chi connectivity index (χ2n) is 6.36. The molecule has 0 spiro atoms. The Morgan fingerprint density at radius 2 is 1.95 bits per heavy atom. The number of hydrogen-bond acceptors (Lipinski definition) is 4. The molecule has 0 saturated heterocycles. The van der Waals surface area contributed by atoms with Crippen molar-refractivity contribution in [1.29, 1.82) is 0 Å². The summed E-state index contributed by atoms with van der Waals surface area (Å²) >= 11 is 1.33. The van der Waals surface area contributed by atoms with Crippen LogP contribution in [0.3, 0.4) is 0 Å². The maximum absolute atomic E-state index is 12.3. The minimum absolute atomic E-state index is 0.123. The van der Waals surface area contributed by atoms with E-state index in [0.29, 0.717) is 17.0 Å². The van der Waals surface area contributed by atoms with Crippen molar-refractivity contribution in [1.82, 2.24) is 10.3 Å². The van der Waals surface area contributed by atoms with E-state index in [-0.39, 0.29) is 17.2 Å². The van der Waals surface area contributed by atoms with E-state index >= 15 is 0 Å². The third-order valence-corrected chi connectivity index (χ3v) is 4.99. The van der Waals surface area contributed by atoms with Crippen LogP contribution in [0.1, 0.15) is 61.4 Å². The molecule has 2 unspecified atom stereocenters. The summed E-state index contributed by atoms with van der Waals surface area (Å²) in [5.41, 5.74) is 0.521. The van der Waals surface area contributed by atoms with Crippen LogP contribution in [0.15, 0.2) is 0 Å². The molecule has 0 bridgehead atoms. The van der Waals surface area contributed by atoms with Crippen molar-refractivity contribution in [2.45, 2.75) is 59.4 Å². The summed E-state index contributed by atoms with van der Waals surface area (Å²) in [4.78, 5) is 28.6. The fourth-order valence-corrected chi connectivity index (χ4v) is 2.84. The smallest absolute Gasteiger partial charge is 0.326 e. The number of aliphatic carboxylic acids is 1. The van der Waals surface area contributed by atoms with E-state index in [9.17, 15) is 14.7 Å². The van der Waals surface area contributed by atoms with Gasteiger partial charge in [0, 0.05) is 5.41 Å². The Bertz CT molecular complexity index is 532. The molecule has 0 aliphatic carbocycles. The molecule has 5 nitrogen and oxygen atoms in total. The van der Waals surface area contributed by atoms with Gasteiger partial charge in [-0.3, -0.25) is 4.79 Å². The first-order valence-electron chi connectivity index (χ1n) is 7.09. The lowest BCUT2D eigenvalue weighted by atomic mass is 9.98. The van der Waals surface area contributed by atoms with Crippen molar-refractivity contribution in [3.8, 4) is 0 Å². The van der Waals surface area contributed by atoms with Crippen LogP contribution in [-0.4, -0.2) is 28.0 Å². The number of carboxylic acids is 1. The number of thiazole rings is 1. The van der Waals surface area contributed by atoms with Gasteiger partial charge in [-0.1, -0.05) is 41.0 Å². The van der Waals surface area contributed by atoms with Gasteiger partial charge in [-0.05, 0) is 12.8 Å². The van der Waals surface area contributed by atoms with Gasteiger partial charge in [0.1, 0.15) is 10.9 Å². The first kappa shape index (κ1) is 17.6. The Morgan fingerprint density at radius 3 is 2.33 bits per heavy atom. The topological polar surface area (TPSA) is 79.3 Å². The van der Waals surface area contributed by atoms with E-state index in [4.69, 9.17) is 0 Å². The van der Waals surface area contributed by atoms with Gasteiger partial charge in [0.25, 0.3) is 5.91 Å². The third kappa shape index (κ3) is 4.27. The number of aromatic nitrogens is 1. The van der Waals surface area contributed by atoms with Crippen LogP contribution in [0, 0.1) is 12.8 Å². The lowest BCUT2D eigenvalue weighted by molar-refractivity contribution is -0.140. The van der Waals surface area contributed by atoms with Gasteiger partial charge in [-0.15, -0.1) is 11.3 Å². The van der Waals surface area contributed by atoms with E-state index in [2.05, 4.69) is 10.3 Å². The summed E-state index contributed by atoms with van der Waals surface area (Å²) in [5, 5.41) is 12.7. The molecule has 118 valence electrons. The number of hydrogen-bond donors (Lipinski definition) is 2. The van der Waals surface area contributed by atoms with Gasteiger partial charge >= 0.3 is 5.97 Å². The number of rotatable bonds is 5. The maximum atomic E-state index is 12.3. The summed E-state index contributed by atoms with van der Waals surface area (Å²) in [6.45, 7) is 11.6. The van der Waals surface area contributed by atoms with E-state index in [1.54, 1.807) is 6.92 Å². The van der Waals surface area contributed by atoms with Crippen LogP contribution >= 0.6 is 11.3 Å². The van der Waals surface area contributed by atoms with Gasteiger partial charge in [0.05, 0.1) is 10.7 Å². The average Bonchev–Trinajstić information content (AvgIpc) is 2.76. The van der Waals surface area contributed by atoms with E-state index in [1.165, 1.54) is 11.3 Å². The molecule has 1 aromatic rings. The second kappa shape index (κ2) is 6.56. The van der Waals surface area contributed by atoms with Crippen molar-refractivity contribution in [2.75, 3.05) is 0 Å². The fraction of sp³-hybridized carbons (Fsp3) is 0.667. The zero-order valence-electron chi connectivity index (χ0n) is 13.5. The molecule has 1 rings (SSSR count). The third-order valence-electron chi connectivity index (χ3n) is 3.41. The van der Waals surface area contributed by atoms with Gasteiger partial charge in [-0.25, -0.2) is 9.78 Å². The van der Waals surface area contributed by atoms with Crippen molar-refractivity contribution in [3.63, 3.8) is 0 Å². The first-order chi connectivity index (χ1) is 9.57. The highest BCUT2D eigenvalue weighted by molar-refractivity contribution is 7.14. The molecule has 21 heavy (non-hydrogen) atoms. The molecule has 0 aromatic carbocycles. The molecular weight excluding hydrogens is 288 g/mol. The number of carboxylic acid groups (broad SMARTS) is 1. The Kier molecular flexibility index (Phi) is 5.50. The summed E-state index contributed by atoms with van der Waals surface area (Å²) in [6, 6.07) is -0.873. The van der Waals surface area contributed by atoms with Crippen LogP contribution in [0.2, 0.25) is 0 Å². The van der Waals surface area contributed by atoms with Crippen molar-refractivity contribution < 1.29 is 14.7 Å². The molecule has 0 fully saturated rings. The number of nitrogens with one attached hydrogen (secondary N) is 1. The number of carbonyl (C=O) groups excluding carboxylic acids is 1. The fourth-order valence-electron chi connectivity index (χ4n) is 1.82. The molecule has 2 atom stereocenters. The second-order valence-corrected chi connectivity index (χ2v) is 7.36. The zero-order valence-corrected chi connectivity index (χ0v) is 14.3. The number of aryl methyl sites for hydroxylation is 1. The maximum Gasteiger partial charge on any atom is 0.326 e. The predicted molar refractivity (Wildman–Crippen MR) is 83.9 cm³/mol. The van der Waals surface area contributed by atoms with E-state index in [1.807, 2.05) is 34.6 Å². The minimum Gasteiger partial charge on any atom is -0.480 e. The lowest BCUT2D eigenvalue weighted by Crippen LogP contribution is -2.44. The van der Waals surface area contributed by atoms with Gasteiger partial charge in [-0.2, -0.15) is 0 Å². The lowest BCUT2D eigenvalue weighted by Gasteiger charge is -2.19. The van der Waals surface area contributed by atoms with Crippen molar-refractivity contribution >= 4 is 23.2 Å². The van der Waals surface area contributed by atoms with Gasteiger partial charge in [0.15, 0.2) is 0 Å². The highest BCUT2D eigenvalue weighted by Crippen LogP contribution is 2.29. The highest BCUT2D eigenvalue weighted by atomic mass is 32.1. The minimum atomic E-state index is -1.00. The summed E-state index contributed by atoms with van der Waals surface area (Å²) < 4.78 is 0. The molecule has 0 aliphatic rings. The van der Waals surface area contributed by atoms with E-state index < -0.39 is 12.0 Å². The highest BCUT2D eigenvalue weighted by Gasteiger charge is 2.28. The van der Waals surface area contributed by atoms with Gasteiger partial charge < -0.3 is 10.4 Å². The Morgan fingerprint density at radius 1 is 1.38 bits per heavy atom. The molecule has 6 heteroatoms. The first-order valence-corrected chi connectivity index (χ1v) is 7.91. The predicted octanol–water partition coefficient (Wildman–Crippen LogP) is 2.98. The SMILES string of the molecule is CCC(C)C(NC(=O)c1sc(C(C)(C)C)nc1C)C(=O)O. The van der Waals surface area contributed by atoms with Crippen LogP contribution in [0.25, 0.3) is 0 Å². The summed E-state index contributed by atoms with van der Waals surface area (Å²) in [5.74, 6) is -1.48. The van der Waals surface area contributed by atoms with Crippen LogP contribution in [-0.2, 0) is 10.2 Å². The van der Waals surface area contributed by atoms with Crippen LogP contribution < -0.4 is 5.32 Å². The molecular formula is C15H24N2O3S. The largest absolute Gasteiger partial charge is 0.480 e. The van der Waals surface area contributed by atoms with Crippen molar-refractivity contribution in [2.24, 2.45) is 5.92 Å². The Hall–Kier alpha value is -1.43. The van der Waals surface area contributed by atoms with Crippen LogP contribution in [0.5, 0.6) is 0 Å². The standard InChI is InChI=1S/C15H24N2O3S/c1-7-8(2)10(13(19)20)17-12(18)11-9(3)16-14(21-11)15(4,5)6/h8,10H,7H2,1-6H3,(H,17,18)(H,19,20). The normalized spacial score (nSPS) is 14.6. The molecule has 0 saturated carbocycles. The zero-order chi connectivity index (χ0) is 16.4. The van der Waals surface area contributed by atoms with Gasteiger partial charge in [0.2, 0.25) is 0 Å². The average molecular weight is 312 g/mol. The molecule has 1 amide bonds. The quantitative estimate of drug-likeness (QED) is 0.876. The molecule has 2 N–H and O–H groups in total. The monoisotopic (exact) mass is 312 g/mol. The van der Waals surface area contributed by atoms with Crippen LogP contribution in [0.4, 0.5) is 0 Å². The van der Waals surface area contributed by atoms with E-state index in [0.717, 1.165) is 5.01 Å². The van der Waals surface area contributed by atoms with Crippen molar-refractivity contribution in [3.05, 3.63) is 15.6 Å². The summed E-state index contributed by atoms with van der Waals surface area (Å²) in [7, 11) is 0. The summed E-state index contributed by atoms with van der Waals surface area (Å²) in [6.07, 6.45) is 0.687. The molecule has 0 aliphatic heterocycles. The molecule has 1 aromatic heterocycles. The number of nitrogens with zero attached hydrogens (tertiary/aromatic N) is 1. The molecule has 1 heterocycles. The number of carbonyl (C=O) groups is 2. The Balaban J connectivity index is 2.98. The molecule has 0 radical (unpaired) electrons. The Labute approximate surface area is 129 Å². The number of amides is 1.